The van der Waals surface area contributed by atoms with Gasteiger partial charge in [-0.05, 0) is 24.1 Å². The van der Waals surface area contributed by atoms with E-state index in [1.165, 1.54) is 13.1 Å². The number of rotatable bonds is 6. The lowest BCUT2D eigenvalue weighted by molar-refractivity contribution is -0.120. The highest BCUT2D eigenvalue weighted by molar-refractivity contribution is 7.89. The molecule has 6 nitrogen and oxygen atoms in total. The number of carbonyl (C=O) groups excluding carboxylic acids is 1. The van der Waals surface area contributed by atoms with E-state index in [4.69, 9.17) is 5.73 Å². The fraction of sp³-hybridized carbons (Fsp3) is 0.417. The topological polar surface area (TPSA) is 101 Å². The first-order valence-corrected chi connectivity index (χ1v) is 7.47. The van der Waals surface area contributed by atoms with Crippen LogP contribution in [0.25, 0.3) is 0 Å². The quantitative estimate of drug-likeness (QED) is 0.652. The summed E-state index contributed by atoms with van der Waals surface area (Å²) >= 11 is 0. The molecule has 0 heterocycles. The number of benzene rings is 1. The Labute approximate surface area is 113 Å². The van der Waals surface area contributed by atoms with Crippen molar-refractivity contribution in [2.75, 3.05) is 19.3 Å². The molecule has 0 aliphatic carbocycles. The van der Waals surface area contributed by atoms with E-state index in [9.17, 15) is 13.2 Å². The first kappa shape index (κ1) is 15.5. The number of nitrogens with two attached hydrogens (primary N) is 1. The molecule has 0 fully saturated rings. The molecule has 0 unspecified atom stereocenters. The zero-order chi connectivity index (χ0) is 14.5. The summed E-state index contributed by atoms with van der Waals surface area (Å²) in [4.78, 5) is 11.2. The fourth-order valence-electron chi connectivity index (χ4n) is 1.62. The van der Waals surface area contributed by atoms with E-state index < -0.39 is 10.0 Å². The van der Waals surface area contributed by atoms with Gasteiger partial charge in [-0.25, -0.2) is 13.1 Å². The first-order valence-electron chi connectivity index (χ1n) is 5.99. The Morgan fingerprint density at radius 2 is 2.05 bits per heavy atom. The predicted molar refractivity (Wildman–Crippen MR) is 74.1 cm³/mol. The molecule has 7 heteroatoms. The summed E-state index contributed by atoms with van der Waals surface area (Å²) in [5.74, 6) is -0.217. The first-order chi connectivity index (χ1) is 8.90. The molecule has 19 heavy (non-hydrogen) atoms. The lowest BCUT2D eigenvalue weighted by Gasteiger charge is -2.11. The Morgan fingerprint density at radius 1 is 1.37 bits per heavy atom. The van der Waals surface area contributed by atoms with Crippen LogP contribution >= 0.6 is 0 Å². The van der Waals surface area contributed by atoms with Crippen molar-refractivity contribution in [3.63, 3.8) is 0 Å². The minimum absolute atomic E-state index is 0.0555. The number of anilines is 1. The predicted octanol–water partition coefficient (Wildman–Crippen LogP) is 0.246. The molecular weight excluding hydrogens is 266 g/mol. The zero-order valence-electron chi connectivity index (χ0n) is 11.1. The molecule has 1 rings (SSSR count). The fourth-order valence-corrected chi connectivity index (χ4v) is 2.99. The zero-order valence-corrected chi connectivity index (χ0v) is 11.9. The average Bonchev–Trinajstić information content (AvgIpc) is 2.38. The van der Waals surface area contributed by atoms with Crippen molar-refractivity contribution in [1.82, 2.24) is 10.0 Å². The molecule has 1 amide bonds. The Balaban J connectivity index is 2.88. The van der Waals surface area contributed by atoms with Crippen LogP contribution in [0.1, 0.15) is 18.9 Å². The number of aryl methyl sites for hydroxylation is 1. The minimum Gasteiger partial charge on any atom is -0.399 e. The third-order valence-electron chi connectivity index (χ3n) is 2.68. The van der Waals surface area contributed by atoms with Crippen LogP contribution in [0.2, 0.25) is 0 Å². The van der Waals surface area contributed by atoms with Gasteiger partial charge >= 0.3 is 0 Å². The summed E-state index contributed by atoms with van der Waals surface area (Å²) in [5, 5.41) is 2.43. The van der Waals surface area contributed by atoms with Crippen LogP contribution in [0.5, 0.6) is 0 Å². The molecule has 1 aromatic rings. The molecule has 0 radical (unpaired) electrons. The van der Waals surface area contributed by atoms with Gasteiger partial charge in [-0.15, -0.1) is 0 Å². The third kappa shape index (κ3) is 4.22. The summed E-state index contributed by atoms with van der Waals surface area (Å²) in [6.45, 7) is 1.93. The average molecular weight is 285 g/mol. The Hall–Kier alpha value is -1.60. The van der Waals surface area contributed by atoms with Crippen LogP contribution in [0.15, 0.2) is 23.1 Å². The molecule has 0 bridgehead atoms. The van der Waals surface area contributed by atoms with E-state index in [1.54, 1.807) is 12.1 Å². The maximum atomic E-state index is 12.1. The van der Waals surface area contributed by atoms with E-state index in [0.29, 0.717) is 17.7 Å². The van der Waals surface area contributed by atoms with Gasteiger partial charge in [0.2, 0.25) is 15.9 Å². The SMILES string of the molecule is CCc1ccc(N)cc1S(=O)(=O)NCCC(=O)NC. The maximum absolute atomic E-state index is 12.1. The highest BCUT2D eigenvalue weighted by atomic mass is 32.2. The van der Waals surface area contributed by atoms with Crippen molar-refractivity contribution in [3.05, 3.63) is 23.8 Å². The second-order valence-corrected chi connectivity index (χ2v) is 5.78. The monoisotopic (exact) mass is 285 g/mol. The molecule has 0 aromatic heterocycles. The van der Waals surface area contributed by atoms with Gasteiger partial charge in [0.15, 0.2) is 0 Å². The highest BCUT2D eigenvalue weighted by Crippen LogP contribution is 2.19. The van der Waals surface area contributed by atoms with E-state index in [-0.39, 0.29) is 23.8 Å². The second kappa shape index (κ2) is 6.53. The number of hydrogen-bond donors (Lipinski definition) is 3. The third-order valence-corrected chi connectivity index (χ3v) is 4.23. The van der Waals surface area contributed by atoms with Crippen molar-refractivity contribution in [3.8, 4) is 0 Å². The van der Waals surface area contributed by atoms with Crippen LogP contribution in [0.4, 0.5) is 5.69 Å². The number of carbonyl (C=O) groups is 1. The summed E-state index contributed by atoms with van der Waals surface area (Å²) in [7, 11) is -2.14. The van der Waals surface area contributed by atoms with Gasteiger partial charge in [0, 0.05) is 25.7 Å². The summed E-state index contributed by atoms with van der Waals surface area (Å²) in [6, 6.07) is 4.80. The van der Waals surface area contributed by atoms with E-state index in [1.807, 2.05) is 6.92 Å². The lowest BCUT2D eigenvalue weighted by atomic mass is 10.1. The van der Waals surface area contributed by atoms with Gasteiger partial charge in [-0.2, -0.15) is 0 Å². The van der Waals surface area contributed by atoms with Crippen molar-refractivity contribution < 1.29 is 13.2 Å². The van der Waals surface area contributed by atoms with E-state index in [2.05, 4.69) is 10.0 Å². The smallest absolute Gasteiger partial charge is 0.240 e. The molecule has 4 N–H and O–H groups in total. The molecular formula is C12H19N3O3S. The van der Waals surface area contributed by atoms with Gasteiger partial charge in [-0.1, -0.05) is 13.0 Å². The van der Waals surface area contributed by atoms with Gasteiger partial charge in [-0.3, -0.25) is 4.79 Å². The van der Waals surface area contributed by atoms with Crippen LogP contribution < -0.4 is 15.8 Å². The number of nitrogen functional groups attached to an aromatic ring is 1. The van der Waals surface area contributed by atoms with Crippen molar-refractivity contribution >= 4 is 21.6 Å². The number of amides is 1. The van der Waals surface area contributed by atoms with Crippen molar-refractivity contribution in [1.29, 1.82) is 0 Å². The Bertz CT molecular complexity index is 555. The minimum atomic E-state index is -3.64. The number of nitrogens with one attached hydrogen (secondary N) is 2. The van der Waals surface area contributed by atoms with Crippen LogP contribution in [-0.2, 0) is 21.2 Å². The van der Waals surface area contributed by atoms with Gasteiger partial charge < -0.3 is 11.1 Å². The molecule has 0 aliphatic rings. The molecule has 106 valence electrons. The van der Waals surface area contributed by atoms with E-state index >= 15 is 0 Å². The molecule has 0 saturated heterocycles. The molecule has 0 atom stereocenters. The standard InChI is InChI=1S/C12H19N3O3S/c1-3-9-4-5-10(13)8-11(9)19(17,18)15-7-6-12(16)14-2/h4-5,8,15H,3,6-7,13H2,1-2H3,(H,14,16). The van der Waals surface area contributed by atoms with Crippen molar-refractivity contribution in [2.24, 2.45) is 0 Å². The van der Waals surface area contributed by atoms with Gasteiger partial charge in [0.1, 0.15) is 0 Å². The normalized spacial score (nSPS) is 11.3. The van der Waals surface area contributed by atoms with Crippen LogP contribution in [-0.4, -0.2) is 27.9 Å². The van der Waals surface area contributed by atoms with E-state index in [0.717, 1.165) is 0 Å². The van der Waals surface area contributed by atoms with Crippen LogP contribution in [0.3, 0.4) is 0 Å². The second-order valence-electron chi connectivity index (χ2n) is 4.04. The van der Waals surface area contributed by atoms with Gasteiger partial charge in [0.05, 0.1) is 4.90 Å². The highest BCUT2D eigenvalue weighted by Gasteiger charge is 2.18. The summed E-state index contributed by atoms with van der Waals surface area (Å²) in [6.07, 6.45) is 0.686. The maximum Gasteiger partial charge on any atom is 0.240 e. The molecule has 1 aromatic carbocycles. The summed E-state index contributed by atoms with van der Waals surface area (Å²) in [5.41, 5.74) is 6.71. The van der Waals surface area contributed by atoms with Crippen molar-refractivity contribution in [2.45, 2.75) is 24.7 Å². The van der Waals surface area contributed by atoms with Gasteiger partial charge in [0.25, 0.3) is 0 Å². The lowest BCUT2D eigenvalue weighted by Crippen LogP contribution is -2.29. The number of hydrogen-bond acceptors (Lipinski definition) is 4. The largest absolute Gasteiger partial charge is 0.399 e. The Morgan fingerprint density at radius 3 is 2.63 bits per heavy atom. The molecule has 0 spiro atoms. The molecule has 0 aliphatic heterocycles. The number of sulfonamides is 1. The molecule has 0 saturated carbocycles. The van der Waals surface area contributed by atoms with Crippen LogP contribution in [0, 0.1) is 0 Å². The Kier molecular flexibility index (Phi) is 5.31. The summed E-state index contributed by atoms with van der Waals surface area (Å²) < 4.78 is 26.7.